The number of aromatic nitrogens is 2. The van der Waals surface area contributed by atoms with E-state index in [2.05, 4.69) is 4.98 Å². The van der Waals surface area contributed by atoms with Crippen molar-refractivity contribution in [3.8, 4) is 0 Å². The Hall–Kier alpha value is -2.13. The topological polar surface area (TPSA) is 65.1 Å². The van der Waals surface area contributed by atoms with E-state index < -0.39 is 5.76 Å². The van der Waals surface area contributed by atoms with Crippen LogP contribution in [0.2, 0.25) is 0 Å². The fourth-order valence-electron chi connectivity index (χ4n) is 1.33. The zero-order valence-electron chi connectivity index (χ0n) is 8.06. The molecule has 0 atom stereocenters. The predicted molar refractivity (Wildman–Crippen MR) is 53.2 cm³/mol. The van der Waals surface area contributed by atoms with Crippen LogP contribution in [0.25, 0.3) is 11.2 Å². The summed E-state index contributed by atoms with van der Waals surface area (Å²) in [6.07, 6.45) is 3.39. The van der Waals surface area contributed by atoms with Gasteiger partial charge in [-0.3, -0.25) is 4.57 Å². The molecule has 0 unspecified atom stereocenters. The zero-order valence-corrected chi connectivity index (χ0v) is 8.06. The molecule has 2 aromatic heterocycles. The van der Waals surface area contributed by atoms with Gasteiger partial charge >= 0.3 is 5.76 Å². The summed E-state index contributed by atoms with van der Waals surface area (Å²) in [5, 5.41) is 0. The molecule has 15 heavy (non-hydrogen) atoms. The molecule has 0 saturated heterocycles. The quantitative estimate of drug-likeness (QED) is 0.666. The van der Waals surface area contributed by atoms with Gasteiger partial charge in [-0.2, -0.15) is 0 Å². The van der Waals surface area contributed by atoms with Gasteiger partial charge in [0.25, 0.3) is 0 Å². The van der Waals surface area contributed by atoms with Crippen molar-refractivity contribution in [1.82, 2.24) is 9.55 Å². The van der Waals surface area contributed by atoms with Crippen LogP contribution in [0.4, 0.5) is 0 Å². The molecule has 0 amide bonds. The standard InChI is InChI=1S/C10H8N2O3/c1-12-9-8(15-10(12)14)5-7(6-11-9)3-2-4-13/h2,5-6H,3H2,1H3. The lowest BCUT2D eigenvalue weighted by atomic mass is 10.2. The average Bonchev–Trinajstić information content (AvgIpc) is 2.52. The first-order valence-electron chi connectivity index (χ1n) is 4.36. The number of allylic oxidation sites excluding steroid dienone is 1. The molecule has 0 aromatic carbocycles. The molecule has 0 N–H and O–H groups in total. The number of fused-ring (bicyclic) bond motifs is 1. The Morgan fingerprint density at radius 2 is 2.47 bits per heavy atom. The highest BCUT2D eigenvalue weighted by atomic mass is 16.4. The van der Waals surface area contributed by atoms with E-state index in [-0.39, 0.29) is 0 Å². The third-order valence-corrected chi connectivity index (χ3v) is 2.10. The molecule has 76 valence electrons. The number of nitrogens with zero attached hydrogens (tertiary/aromatic N) is 2. The minimum atomic E-state index is -0.444. The molecule has 5 heteroatoms. The van der Waals surface area contributed by atoms with E-state index in [1.807, 2.05) is 0 Å². The molecule has 0 bridgehead atoms. The molecule has 2 heterocycles. The largest absolute Gasteiger partial charge is 0.420 e. The van der Waals surface area contributed by atoms with Gasteiger partial charge < -0.3 is 4.42 Å². The van der Waals surface area contributed by atoms with Gasteiger partial charge in [0.1, 0.15) is 5.94 Å². The van der Waals surface area contributed by atoms with Crippen molar-refractivity contribution in [2.24, 2.45) is 7.05 Å². The zero-order chi connectivity index (χ0) is 10.8. The summed E-state index contributed by atoms with van der Waals surface area (Å²) in [7, 11) is 1.59. The van der Waals surface area contributed by atoms with Crippen LogP contribution in [0.1, 0.15) is 5.56 Å². The van der Waals surface area contributed by atoms with E-state index in [1.54, 1.807) is 25.3 Å². The summed E-state index contributed by atoms with van der Waals surface area (Å²) >= 11 is 0. The van der Waals surface area contributed by atoms with Crippen LogP contribution >= 0.6 is 0 Å². The van der Waals surface area contributed by atoms with Crippen molar-refractivity contribution in [3.63, 3.8) is 0 Å². The van der Waals surface area contributed by atoms with Gasteiger partial charge in [0.15, 0.2) is 11.2 Å². The first-order valence-corrected chi connectivity index (χ1v) is 4.36. The molecule has 0 aliphatic rings. The highest BCUT2D eigenvalue weighted by Gasteiger charge is 2.06. The van der Waals surface area contributed by atoms with Gasteiger partial charge in [-0.05, 0) is 11.6 Å². The van der Waals surface area contributed by atoms with Crippen molar-refractivity contribution >= 4 is 17.2 Å². The van der Waals surface area contributed by atoms with Gasteiger partial charge in [-0.15, -0.1) is 0 Å². The number of oxazole rings is 1. The summed E-state index contributed by atoms with van der Waals surface area (Å²) in [6, 6.07) is 1.69. The average molecular weight is 204 g/mol. The SMILES string of the molecule is Cn1c(=O)oc2cc(CC=C=O)cnc21. The molecule has 0 spiro atoms. The van der Waals surface area contributed by atoms with E-state index in [0.717, 1.165) is 5.56 Å². The first-order chi connectivity index (χ1) is 7.22. The molecule has 0 fully saturated rings. The maximum Gasteiger partial charge on any atom is 0.420 e. The van der Waals surface area contributed by atoms with E-state index >= 15 is 0 Å². The molecule has 0 radical (unpaired) electrons. The van der Waals surface area contributed by atoms with Crippen molar-refractivity contribution in [3.05, 3.63) is 34.5 Å². The Morgan fingerprint density at radius 1 is 1.67 bits per heavy atom. The molecule has 2 aromatic rings. The van der Waals surface area contributed by atoms with E-state index in [0.29, 0.717) is 17.7 Å². The van der Waals surface area contributed by atoms with Crippen molar-refractivity contribution in [2.75, 3.05) is 0 Å². The minimum absolute atomic E-state index is 0.430. The van der Waals surface area contributed by atoms with Gasteiger partial charge in [-0.25, -0.2) is 14.6 Å². The number of hydrogen-bond acceptors (Lipinski definition) is 4. The van der Waals surface area contributed by atoms with Crippen LogP contribution in [-0.2, 0) is 18.3 Å². The number of aryl methyl sites for hydroxylation is 1. The van der Waals surface area contributed by atoms with Crippen molar-refractivity contribution in [2.45, 2.75) is 6.42 Å². The summed E-state index contributed by atoms with van der Waals surface area (Å²) in [6.45, 7) is 0. The van der Waals surface area contributed by atoms with Crippen molar-refractivity contribution in [1.29, 1.82) is 0 Å². The molecule has 0 aliphatic heterocycles. The van der Waals surface area contributed by atoms with Gasteiger partial charge in [0, 0.05) is 25.7 Å². The number of pyridine rings is 1. The molecule has 0 aliphatic carbocycles. The van der Waals surface area contributed by atoms with Crippen LogP contribution in [0.3, 0.4) is 0 Å². The predicted octanol–water partition coefficient (Wildman–Crippen LogP) is 0.457. The second-order valence-electron chi connectivity index (χ2n) is 3.12. The first kappa shape index (κ1) is 9.43. The maximum absolute atomic E-state index is 11.1. The Morgan fingerprint density at radius 3 is 3.20 bits per heavy atom. The maximum atomic E-state index is 11.1. The van der Waals surface area contributed by atoms with E-state index in [9.17, 15) is 9.59 Å². The lowest BCUT2D eigenvalue weighted by Gasteiger charge is -1.94. The van der Waals surface area contributed by atoms with E-state index in [4.69, 9.17) is 4.42 Å². The third-order valence-electron chi connectivity index (χ3n) is 2.10. The Bertz CT molecular complexity index is 603. The minimum Gasteiger partial charge on any atom is -0.406 e. The number of rotatable bonds is 2. The monoisotopic (exact) mass is 204 g/mol. The summed E-state index contributed by atoms with van der Waals surface area (Å²) < 4.78 is 6.28. The lowest BCUT2D eigenvalue weighted by Crippen LogP contribution is -2.08. The second-order valence-corrected chi connectivity index (χ2v) is 3.12. The van der Waals surface area contributed by atoms with Crippen LogP contribution < -0.4 is 5.76 Å². The molecular formula is C10H8N2O3. The Labute approximate surface area is 84.6 Å². The number of hydrogen-bond donors (Lipinski definition) is 0. The Kier molecular flexibility index (Phi) is 2.23. The normalized spacial score (nSPS) is 10.2. The third kappa shape index (κ3) is 1.60. The molecule has 5 nitrogen and oxygen atoms in total. The molecule has 2 rings (SSSR count). The summed E-state index contributed by atoms with van der Waals surface area (Å²) in [4.78, 5) is 25.2. The van der Waals surface area contributed by atoms with Crippen molar-refractivity contribution < 1.29 is 9.21 Å². The lowest BCUT2D eigenvalue weighted by molar-refractivity contribution is 0.528. The van der Waals surface area contributed by atoms with Gasteiger partial charge in [0.05, 0.1) is 0 Å². The van der Waals surface area contributed by atoms with Crippen LogP contribution in [0.5, 0.6) is 0 Å². The fraction of sp³-hybridized carbons (Fsp3) is 0.200. The Balaban J connectivity index is 2.56. The highest BCUT2D eigenvalue weighted by Crippen LogP contribution is 2.11. The number of carbonyl (C=O) groups excluding carboxylic acids is 1. The van der Waals surface area contributed by atoms with Crippen LogP contribution in [0, 0.1) is 0 Å². The fourth-order valence-corrected chi connectivity index (χ4v) is 1.33. The molecular weight excluding hydrogens is 196 g/mol. The summed E-state index contributed by atoms with van der Waals surface area (Å²) in [5.41, 5.74) is 1.73. The van der Waals surface area contributed by atoms with E-state index in [1.165, 1.54) is 10.6 Å². The molecule has 0 saturated carbocycles. The van der Waals surface area contributed by atoms with Gasteiger partial charge in [0.2, 0.25) is 0 Å². The smallest absolute Gasteiger partial charge is 0.406 e. The van der Waals surface area contributed by atoms with Crippen LogP contribution in [-0.4, -0.2) is 15.5 Å². The second kappa shape index (κ2) is 3.55. The summed E-state index contributed by atoms with van der Waals surface area (Å²) in [5.74, 6) is 1.24. The van der Waals surface area contributed by atoms with Gasteiger partial charge in [-0.1, -0.05) is 0 Å². The van der Waals surface area contributed by atoms with Crippen LogP contribution in [0.15, 0.2) is 27.6 Å². The highest BCUT2D eigenvalue weighted by molar-refractivity contribution is 5.68.